The Labute approximate surface area is 189 Å². The molecule has 0 aliphatic rings. The molecule has 0 unspecified atom stereocenters. The van der Waals surface area contributed by atoms with Gasteiger partial charge in [0.2, 0.25) is 11.8 Å². The quantitative estimate of drug-likeness (QED) is 0.544. The molecule has 0 aliphatic carbocycles. The molecular formula is C24H31ClN2O2S. The average molecular weight is 447 g/mol. The summed E-state index contributed by atoms with van der Waals surface area (Å²) in [5, 5.41) is 3.70. The molecule has 2 atom stereocenters. The summed E-state index contributed by atoms with van der Waals surface area (Å²) in [6.07, 6.45) is 0.845. The van der Waals surface area contributed by atoms with Gasteiger partial charge in [-0.1, -0.05) is 66.6 Å². The summed E-state index contributed by atoms with van der Waals surface area (Å²) < 4.78 is 0. The summed E-state index contributed by atoms with van der Waals surface area (Å²) in [6.45, 7) is 8.22. The summed E-state index contributed by atoms with van der Waals surface area (Å²) in [5.74, 6) is 0.760. The third-order valence-electron chi connectivity index (χ3n) is 5.08. The Morgan fingerprint density at radius 1 is 1.10 bits per heavy atom. The number of carbonyl (C=O) groups excluding carboxylic acids is 2. The van der Waals surface area contributed by atoms with E-state index in [2.05, 4.69) is 5.32 Å². The van der Waals surface area contributed by atoms with Crippen molar-refractivity contribution in [2.75, 3.05) is 5.75 Å². The van der Waals surface area contributed by atoms with Gasteiger partial charge in [0, 0.05) is 23.4 Å². The van der Waals surface area contributed by atoms with Crippen molar-refractivity contribution in [1.29, 1.82) is 0 Å². The SMILES string of the molecule is CC[C@H](C)NC(=O)[C@@H](C)N(Cc1ccc(C)cc1)C(=O)CSCc1ccccc1Cl. The molecule has 2 aromatic carbocycles. The highest BCUT2D eigenvalue weighted by atomic mass is 35.5. The van der Waals surface area contributed by atoms with Crippen LogP contribution in [-0.2, 0) is 21.9 Å². The van der Waals surface area contributed by atoms with E-state index in [0.717, 1.165) is 23.1 Å². The largest absolute Gasteiger partial charge is 0.352 e. The number of nitrogens with zero attached hydrogens (tertiary/aromatic N) is 1. The first-order valence-electron chi connectivity index (χ1n) is 10.3. The van der Waals surface area contributed by atoms with Crippen LogP contribution in [0, 0.1) is 6.92 Å². The predicted molar refractivity (Wildman–Crippen MR) is 127 cm³/mol. The molecule has 0 bridgehead atoms. The van der Waals surface area contributed by atoms with Crippen LogP contribution in [0.15, 0.2) is 48.5 Å². The van der Waals surface area contributed by atoms with Gasteiger partial charge in [-0.2, -0.15) is 0 Å². The molecule has 30 heavy (non-hydrogen) atoms. The Bertz CT molecular complexity index is 841. The Morgan fingerprint density at radius 2 is 1.77 bits per heavy atom. The maximum Gasteiger partial charge on any atom is 0.242 e. The summed E-state index contributed by atoms with van der Waals surface area (Å²) >= 11 is 7.72. The third kappa shape index (κ3) is 7.37. The minimum Gasteiger partial charge on any atom is -0.352 e. The maximum absolute atomic E-state index is 13.1. The number of rotatable bonds is 10. The summed E-state index contributed by atoms with van der Waals surface area (Å²) in [5.41, 5.74) is 3.17. The molecule has 0 radical (unpaired) electrons. The fourth-order valence-electron chi connectivity index (χ4n) is 2.88. The summed E-state index contributed by atoms with van der Waals surface area (Å²) in [4.78, 5) is 27.5. The van der Waals surface area contributed by atoms with Crippen molar-refractivity contribution >= 4 is 35.2 Å². The van der Waals surface area contributed by atoms with Gasteiger partial charge in [0.25, 0.3) is 0 Å². The lowest BCUT2D eigenvalue weighted by Crippen LogP contribution is -2.50. The van der Waals surface area contributed by atoms with Gasteiger partial charge in [0.15, 0.2) is 0 Å². The van der Waals surface area contributed by atoms with Crippen molar-refractivity contribution in [3.63, 3.8) is 0 Å². The molecule has 162 valence electrons. The van der Waals surface area contributed by atoms with E-state index >= 15 is 0 Å². The van der Waals surface area contributed by atoms with E-state index in [1.165, 1.54) is 11.8 Å². The van der Waals surface area contributed by atoms with Crippen LogP contribution in [0.5, 0.6) is 0 Å². The van der Waals surface area contributed by atoms with E-state index in [0.29, 0.717) is 17.3 Å². The van der Waals surface area contributed by atoms with Gasteiger partial charge in [0.1, 0.15) is 6.04 Å². The number of hydrogen-bond donors (Lipinski definition) is 1. The number of nitrogens with one attached hydrogen (secondary N) is 1. The molecule has 0 saturated heterocycles. The highest BCUT2D eigenvalue weighted by molar-refractivity contribution is 7.99. The fourth-order valence-corrected chi connectivity index (χ4v) is 4.08. The fraction of sp³-hybridized carbons (Fsp3) is 0.417. The number of halogens is 1. The molecule has 6 heteroatoms. The minimum absolute atomic E-state index is 0.0561. The first kappa shape index (κ1) is 24.3. The third-order valence-corrected chi connectivity index (χ3v) is 6.42. The highest BCUT2D eigenvalue weighted by Gasteiger charge is 2.26. The Kier molecular flexibility index (Phi) is 9.73. The van der Waals surface area contributed by atoms with E-state index in [1.54, 1.807) is 11.8 Å². The first-order valence-corrected chi connectivity index (χ1v) is 11.8. The smallest absolute Gasteiger partial charge is 0.242 e. The van der Waals surface area contributed by atoms with Crippen molar-refractivity contribution < 1.29 is 9.59 Å². The van der Waals surface area contributed by atoms with Gasteiger partial charge in [0.05, 0.1) is 5.75 Å². The van der Waals surface area contributed by atoms with E-state index in [4.69, 9.17) is 11.6 Å². The molecular weight excluding hydrogens is 416 g/mol. The molecule has 0 saturated carbocycles. The van der Waals surface area contributed by atoms with E-state index in [-0.39, 0.29) is 23.6 Å². The number of benzene rings is 2. The van der Waals surface area contributed by atoms with Gasteiger partial charge in [-0.3, -0.25) is 9.59 Å². The normalized spacial score (nSPS) is 12.8. The Morgan fingerprint density at radius 3 is 2.40 bits per heavy atom. The number of carbonyl (C=O) groups is 2. The second kappa shape index (κ2) is 12.0. The Hall–Kier alpha value is -1.98. The minimum atomic E-state index is -0.547. The molecule has 0 aliphatic heterocycles. The van der Waals surface area contributed by atoms with Crippen LogP contribution in [0.2, 0.25) is 5.02 Å². The molecule has 1 N–H and O–H groups in total. The highest BCUT2D eigenvalue weighted by Crippen LogP contribution is 2.21. The summed E-state index contributed by atoms with van der Waals surface area (Å²) in [6, 6.07) is 15.2. The van der Waals surface area contributed by atoms with Crippen LogP contribution in [-0.4, -0.2) is 34.6 Å². The van der Waals surface area contributed by atoms with Gasteiger partial charge in [-0.05, 0) is 44.4 Å². The van der Waals surface area contributed by atoms with Crippen LogP contribution in [0.4, 0.5) is 0 Å². The van der Waals surface area contributed by atoms with Crippen molar-refractivity contribution in [3.8, 4) is 0 Å². The van der Waals surface area contributed by atoms with Gasteiger partial charge < -0.3 is 10.2 Å². The molecule has 2 rings (SSSR count). The zero-order chi connectivity index (χ0) is 22.1. The molecule has 2 amide bonds. The van der Waals surface area contributed by atoms with E-state index in [9.17, 15) is 9.59 Å². The molecule has 0 aromatic heterocycles. The first-order chi connectivity index (χ1) is 14.3. The number of hydrogen-bond acceptors (Lipinski definition) is 3. The van der Waals surface area contributed by atoms with E-state index in [1.807, 2.05) is 69.3 Å². The number of aryl methyl sites for hydroxylation is 1. The molecule has 4 nitrogen and oxygen atoms in total. The van der Waals surface area contributed by atoms with Crippen LogP contribution in [0.25, 0.3) is 0 Å². The Balaban J connectivity index is 2.08. The van der Waals surface area contributed by atoms with Crippen LogP contribution < -0.4 is 5.32 Å². The standard InChI is InChI=1S/C24H31ClN2O2S/c1-5-18(3)26-24(29)19(4)27(14-20-12-10-17(2)11-13-20)23(28)16-30-15-21-8-6-7-9-22(21)25/h6-13,18-19H,5,14-16H2,1-4H3,(H,26,29)/t18-,19+/m0/s1. The van der Waals surface area contributed by atoms with Gasteiger partial charge >= 0.3 is 0 Å². The second-order valence-electron chi connectivity index (χ2n) is 7.59. The van der Waals surface area contributed by atoms with Crippen molar-refractivity contribution in [3.05, 3.63) is 70.2 Å². The zero-order valence-corrected chi connectivity index (χ0v) is 19.7. The average Bonchev–Trinajstić information content (AvgIpc) is 2.73. The van der Waals surface area contributed by atoms with Crippen molar-refractivity contribution in [2.45, 2.75) is 58.5 Å². The van der Waals surface area contributed by atoms with Crippen molar-refractivity contribution in [1.82, 2.24) is 10.2 Å². The lowest BCUT2D eigenvalue weighted by molar-refractivity contribution is -0.138. The van der Waals surface area contributed by atoms with Gasteiger partial charge in [-0.25, -0.2) is 0 Å². The topological polar surface area (TPSA) is 49.4 Å². The van der Waals surface area contributed by atoms with Crippen LogP contribution in [0.1, 0.15) is 43.9 Å². The number of amides is 2. The monoisotopic (exact) mass is 446 g/mol. The van der Waals surface area contributed by atoms with Crippen LogP contribution >= 0.6 is 23.4 Å². The predicted octanol–water partition coefficient (Wildman–Crippen LogP) is 5.21. The molecule has 0 spiro atoms. The lowest BCUT2D eigenvalue weighted by Gasteiger charge is -2.29. The second-order valence-corrected chi connectivity index (χ2v) is 8.98. The van der Waals surface area contributed by atoms with Gasteiger partial charge in [-0.15, -0.1) is 11.8 Å². The lowest BCUT2D eigenvalue weighted by atomic mass is 10.1. The number of thioether (sulfide) groups is 1. The van der Waals surface area contributed by atoms with Crippen LogP contribution in [0.3, 0.4) is 0 Å². The maximum atomic E-state index is 13.1. The summed E-state index contributed by atoms with van der Waals surface area (Å²) in [7, 11) is 0. The van der Waals surface area contributed by atoms with Crippen molar-refractivity contribution in [2.24, 2.45) is 0 Å². The molecule has 0 heterocycles. The van der Waals surface area contributed by atoms with E-state index < -0.39 is 6.04 Å². The molecule has 2 aromatic rings. The zero-order valence-electron chi connectivity index (χ0n) is 18.2. The molecule has 0 fully saturated rings.